The first-order chi connectivity index (χ1) is 9.65. The maximum atomic E-state index is 12.2. The van der Waals surface area contributed by atoms with Crippen LogP contribution in [0.3, 0.4) is 0 Å². The van der Waals surface area contributed by atoms with Crippen molar-refractivity contribution in [2.75, 3.05) is 19.0 Å². The Hall–Kier alpha value is -2.55. The number of hydrogen-bond donors (Lipinski definition) is 1. The Bertz CT molecular complexity index is 565. The van der Waals surface area contributed by atoms with Crippen LogP contribution in [0.25, 0.3) is 0 Å². The van der Waals surface area contributed by atoms with Crippen LogP contribution in [0.15, 0.2) is 24.3 Å². The largest absolute Gasteiger partial charge is 0.467 e. The van der Waals surface area contributed by atoms with Crippen LogP contribution in [0.2, 0.25) is 0 Å². The molecule has 6 heteroatoms. The molecule has 0 aliphatic carbocycles. The maximum absolute atomic E-state index is 12.2. The number of nitrogens with one attached hydrogen (secondary N) is 1. The number of anilines is 1. The van der Waals surface area contributed by atoms with Crippen molar-refractivity contribution < 1.29 is 14.3 Å². The molecule has 1 fully saturated rings. The minimum Gasteiger partial charge on any atom is -0.467 e. The fourth-order valence-corrected chi connectivity index (χ4v) is 2.25. The average Bonchev–Trinajstić information content (AvgIpc) is 2.96. The fraction of sp³-hybridized carbons (Fsp3) is 0.357. The molecule has 1 saturated heterocycles. The van der Waals surface area contributed by atoms with Gasteiger partial charge in [0.15, 0.2) is 0 Å². The highest BCUT2D eigenvalue weighted by Crippen LogP contribution is 2.20. The molecule has 2 rings (SSSR count). The van der Waals surface area contributed by atoms with E-state index in [4.69, 9.17) is 10.00 Å². The minimum absolute atomic E-state index is 0.354. The third-order valence-corrected chi connectivity index (χ3v) is 3.23. The van der Waals surface area contributed by atoms with E-state index < -0.39 is 12.0 Å². The molecule has 0 aromatic heterocycles. The summed E-state index contributed by atoms with van der Waals surface area (Å²) in [6.45, 7) is 0.517. The van der Waals surface area contributed by atoms with Crippen LogP contribution in [0.4, 0.5) is 10.5 Å². The average molecular weight is 273 g/mol. The minimum atomic E-state index is -0.529. The van der Waals surface area contributed by atoms with Gasteiger partial charge in [-0.05, 0) is 31.0 Å². The Morgan fingerprint density at radius 3 is 3.00 bits per heavy atom. The predicted octanol–water partition coefficient (Wildman–Crippen LogP) is 1.73. The second kappa shape index (κ2) is 6.06. The summed E-state index contributed by atoms with van der Waals surface area (Å²) in [5.74, 6) is -0.400. The van der Waals surface area contributed by atoms with E-state index in [0.29, 0.717) is 24.2 Å². The summed E-state index contributed by atoms with van der Waals surface area (Å²) < 4.78 is 4.70. The first-order valence-corrected chi connectivity index (χ1v) is 6.31. The standard InChI is InChI=1S/C14H15N3O3/c1-20-13(18)12-6-3-7-17(12)14(19)16-11-5-2-4-10(8-11)9-15/h2,4-5,8,12H,3,6-7H2,1H3,(H,16,19). The quantitative estimate of drug-likeness (QED) is 0.832. The van der Waals surface area contributed by atoms with Crippen molar-refractivity contribution in [3.05, 3.63) is 29.8 Å². The van der Waals surface area contributed by atoms with Gasteiger partial charge in [-0.15, -0.1) is 0 Å². The maximum Gasteiger partial charge on any atom is 0.328 e. The fourth-order valence-electron chi connectivity index (χ4n) is 2.25. The Balaban J connectivity index is 2.07. The number of benzene rings is 1. The molecular weight excluding hydrogens is 258 g/mol. The first kappa shape index (κ1) is 13.9. The normalized spacial score (nSPS) is 17.4. The third kappa shape index (κ3) is 2.88. The van der Waals surface area contributed by atoms with Gasteiger partial charge in [0.2, 0.25) is 0 Å². The number of amides is 2. The van der Waals surface area contributed by atoms with Gasteiger partial charge >= 0.3 is 12.0 Å². The molecular formula is C14H15N3O3. The topological polar surface area (TPSA) is 82.4 Å². The smallest absolute Gasteiger partial charge is 0.328 e. The van der Waals surface area contributed by atoms with Gasteiger partial charge in [-0.25, -0.2) is 9.59 Å². The molecule has 1 aliphatic rings. The van der Waals surface area contributed by atoms with E-state index in [1.807, 2.05) is 6.07 Å². The molecule has 2 amide bonds. The lowest BCUT2D eigenvalue weighted by Crippen LogP contribution is -2.43. The number of nitrogens with zero attached hydrogens (tertiary/aromatic N) is 2. The molecule has 1 atom stereocenters. The van der Waals surface area contributed by atoms with Crippen LogP contribution in [0.1, 0.15) is 18.4 Å². The SMILES string of the molecule is COC(=O)C1CCCN1C(=O)Nc1cccc(C#N)c1. The zero-order valence-corrected chi connectivity index (χ0v) is 11.1. The van der Waals surface area contributed by atoms with Crippen molar-refractivity contribution in [3.8, 4) is 6.07 Å². The zero-order valence-electron chi connectivity index (χ0n) is 11.1. The second-order valence-corrected chi connectivity index (χ2v) is 4.50. The van der Waals surface area contributed by atoms with E-state index >= 15 is 0 Å². The molecule has 1 unspecified atom stereocenters. The van der Waals surface area contributed by atoms with Gasteiger partial charge in [-0.3, -0.25) is 0 Å². The number of rotatable bonds is 2. The Kier molecular flexibility index (Phi) is 4.20. The number of esters is 1. The number of carbonyl (C=O) groups is 2. The van der Waals surface area contributed by atoms with Crippen molar-refractivity contribution in [2.24, 2.45) is 0 Å². The second-order valence-electron chi connectivity index (χ2n) is 4.50. The van der Waals surface area contributed by atoms with Crippen LogP contribution >= 0.6 is 0 Å². The number of carbonyl (C=O) groups excluding carboxylic acids is 2. The third-order valence-electron chi connectivity index (χ3n) is 3.23. The monoisotopic (exact) mass is 273 g/mol. The van der Waals surface area contributed by atoms with Crippen LogP contribution < -0.4 is 5.32 Å². The zero-order chi connectivity index (χ0) is 14.5. The van der Waals surface area contributed by atoms with Gasteiger partial charge in [-0.1, -0.05) is 6.07 Å². The summed E-state index contributed by atoms with van der Waals surface area (Å²) in [7, 11) is 1.31. The number of urea groups is 1. The summed E-state index contributed by atoms with van der Waals surface area (Å²) in [5, 5.41) is 11.5. The molecule has 104 valence electrons. The summed E-state index contributed by atoms with van der Waals surface area (Å²) in [6, 6.07) is 7.75. The van der Waals surface area contributed by atoms with Crippen molar-refractivity contribution >= 4 is 17.7 Å². The lowest BCUT2D eigenvalue weighted by atomic mass is 10.2. The number of methoxy groups -OCH3 is 1. The van der Waals surface area contributed by atoms with E-state index in [9.17, 15) is 9.59 Å². The van der Waals surface area contributed by atoms with Gasteiger partial charge in [0.1, 0.15) is 6.04 Å². The molecule has 6 nitrogen and oxygen atoms in total. The highest BCUT2D eigenvalue weighted by Gasteiger charge is 2.34. The number of ether oxygens (including phenoxy) is 1. The summed E-state index contributed by atoms with van der Waals surface area (Å²) in [5.41, 5.74) is 0.998. The van der Waals surface area contributed by atoms with Crippen molar-refractivity contribution in [2.45, 2.75) is 18.9 Å². The molecule has 1 aromatic rings. The summed E-state index contributed by atoms with van der Waals surface area (Å²) >= 11 is 0. The van der Waals surface area contributed by atoms with Crippen LogP contribution in [-0.4, -0.2) is 36.6 Å². The van der Waals surface area contributed by atoms with E-state index in [-0.39, 0.29) is 6.03 Å². The molecule has 0 bridgehead atoms. The van der Waals surface area contributed by atoms with Crippen LogP contribution in [0.5, 0.6) is 0 Å². The van der Waals surface area contributed by atoms with E-state index in [1.165, 1.54) is 12.0 Å². The molecule has 0 radical (unpaired) electrons. The highest BCUT2D eigenvalue weighted by atomic mass is 16.5. The predicted molar refractivity (Wildman–Crippen MR) is 71.9 cm³/mol. The lowest BCUT2D eigenvalue weighted by molar-refractivity contribution is -0.144. The molecule has 1 aliphatic heterocycles. The first-order valence-electron chi connectivity index (χ1n) is 6.31. The Morgan fingerprint density at radius 1 is 1.50 bits per heavy atom. The van der Waals surface area contributed by atoms with Crippen molar-refractivity contribution in [1.29, 1.82) is 5.26 Å². The van der Waals surface area contributed by atoms with Crippen LogP contribution in [-0.2, 0) is 9.53 Å². The van der Waals surface area contributed by atoms with Gasteiger partial charge in [0.25, 0.3) is 0 Å². The summed E-state index contributed by atoms with van der Waals surface area (Å²) in [6.07, 6.45) is 1.38. The van der Waals surface area contributed by atoms with E-state index in [2.05, 4.69) is 5.32 Å². The van der Waals surface area contributed by atoms with Gasteiger partial charge in [0.05, 0.1) is 18.7 Å². The van der Waals surface area contributed by atoms with Gasteiger partial charge in [0, 0.05) is 12.2 Å². The van der Waals surface area contributed by atoms with E-state index in [1.54, 1.807) is 24.3 Å². The molecule has 0 saturated carbocycles. The molecule has 1 aromatic carbocycles. The molecule has 0 spiro atoms. The molecule has 20 heavy (non-hydrogen) atoms. The summed E-state index contributed by atoms with van der Waals surface area (Å²) in [4.78, 5) is 25.2. The van der Waals surface area contributed by atoms with Gasteiger partial charge < -0.3 is 15.0 Å². The Morgan fingerprint density at radius 2 is 2.30 bits per heavy atom. The number of hydrogen-bond acceptors (Lipinski definition) is 4. The molecule has 1 N–H and O–H groups in total. The van der Waals surface area contributed by atoms with Crippen molar-refractivity contribution in [1.82, 2.24) is 4.90 Å². The highest BCUT2D eigenvalue weighted by molar-refractivity contribution is 5.93. The number of likely N-dealkylation sites (tertiary alicyclic amines) is 1. The Labute approximate surface area is 116 Å². The van der Waals surface area contributed by atoms with Crippen molar-refractivity contribution in [3.63, 3.8) is 0 Å². The molecule has 1 heterocycles. The van der Waals surface area contributed by atoms with Gasteiger partial charge in [-0.2, -0.15) is 5.26 Å². The number of nitriles is 1. The van der Waals surface area contributed by atoms with E-state index in [0.717, 1.165) is 6.42 Å². The lowest BCUT2D eigenvalue weighted by Gasteiger charge is -2.22. The van der Waals surface area contributed by atoms with Crippen LogP contribution in [0, 0.1) is 11.3 Å².